The molecule has 0 aliphatic carbocycles. The van der Waals surface area contributed by atoms with Crippen molar-refractivity contribution in [3.05, 3.63) is 59.7 Å². The Morgan fingerprint density at radius 3 is 2.53 bits per heavy atom. The normalized spacial score (nSPS) is 10.2. The molecule has 1 aromatic heterocycles. The molecule has 0 saturated carbocycles. The quantitative estimate of drug-likeness (QED) is 0.662. The maximum Gasteiger partial charge on any atom is 0.310 e. The summed E-state index contributed by atoms with van der Waals surface area (Å²) in [6.07, 6.45) is 1.63. The lowest BCUT2D eigenvalue weighted by molar-refractivity contribution is -0.141. The highest BCUT2D eigenvalue weighted by Crippen LogP contribution is 2.05. The van der Waals surface area contributed by atoms with Gasteiger partial charge in [0.1, 0.15) is 5.82 Å². The number of Topliss-reactive ketones (excluding diaryl/α,β-unsaturated/α-hetero) is 1. The van der Waals surface area contributed by atoms with Crippen molar-refractivity contribution in [2.45, 2.75) is 6.42 Å². The molecule has 1 aromatic carbocycles. The maximum atomic E-state index is 12.7. The van der Waals surface area contributed by atoms with Gasteiger partial charge in [0, 0.05) is 6.20 Å². The first kappa shape index (κ1) is 13.0. The van der Waals surface area contributed by atoms with E-state index >= 15 is 0 Å². The highest BCUT2D eigenvalue weighted by atomic mass is 19.1. The van der Waals surface area contributed by atoms with Gasteiger partial charge in [0.2, 0.25) is 5.78 Å². The van der Waals surface area contributed by atoms with Crippen LogP contribution < -0.4 is 0 Å². The van der Waals surface area contributed by atoms with Crippen molar-refractivity contribution in [2.75, 3.05) is 6.61 Å². The van der Waals surface area contributed by atoms with Crippen molar-refractivity contribution >= 4 is 11.8 Å². The third-order valence-corrected chi connectivity index (χ3v) is 2.52. The van der Waals surface area contributed by atoms with E-state index in [0.29, 0.717) is 11.3 Å². The Bertz CT molecular complexity index is 561. The van der Waals surface area contributed by atoms with Crippen LogP contribution in [0.25, 0.3) is 0 Å². The van der Waals surface area contributed by atoms with Gasteiger partial charge in [0.25, 0.3) is 0 Å². The second kappa shape index (κ2) is 5.95. The number of rotatable bonds is 5. The largest absolute Gasteiger partial charge is 0.457 e. The molecule has 0 aliphatic heterocycles. The molecule has 0 radical (unpaired) electrons. The number of esters is 1. The van der Waals surface area contributed by atoms with E-state index in [1.165, 1.54) is 24.3 Å². The molecule has 2 aromatic rings. The number of aromatic amines is 1. The molecule has 2 rings (SSSR count). The molecule has 0 amide bonds. The van der Waals surface area contributed by atoms with Gasteiger partial charge in [-0.15, -0.1) is 0 Å². The van der Waals surface area contributed by atoms with Crippen LogP contribution in [0.4, 0.5) is 4.39 Å². The summed E-state index contributed by atoms with van der Waals surface area (Å²) in [6, 6.07) is 8.84. The Hall–Kier alpha value is -2.43. The molecule has 98 valence electrons. The van der Waals surface area contributed by atoms with Gasteiger partial charge in [-0.25, -0.2) is 4.39 Å². The van der Waals surface area contributed by atoms with Crippen molar-refractivity contribution in [1.29, 1.82) is 0 Å². The SMILES string of the molecule is O=C(Cc1ccc(F)cc1)OCC(=O)c1ccc[nH]1. The monoisotopic (exact) mass is 261 g/mol. The van der Waals surface area contributed by atoms with Gasteiger partial charge in [-0.2, -0.15) is 0 Å². The number of H-pyrrole nitrogens is 1. The number of ether oxygens (including phenoxy) is 1. The molecule has 0 aliphatic rings. The summed E-state index contributed by atoms with van der Waals surface area (Å²) in [5, 5.41) is 0. The molecule has 1 N–H and O–H groups in total. The number of nitrogens with one attached hydrogen (secondary N) is 1. The standard InChI is InChI=1S/C14H12FNO3/c15-11-5-3-10(4-6-11)8-14(18)19-9-13(17)12-2-1-7-16-12/h1-7,16H,8-9H2. The highest BCUT2D eigenvalue weighted by molar-refractivity contribution is 5.96. The molecular weight excluding hydrogens is 249 g/mol. The van der Waals surface area contributed by atoms with Crippen LogP contribution in [0.15, 0.2) is 42.6 Å². The van der Waals surface area contributed by atoms with Crippen LogP contribution in [0.3, 0.4) is 0 Å². The Balaban J connectivity index is 1.82. The third kappa shape index (κ3) is 3.77. The number of benzene rings is 1. The minimum atomic E-state index is -0.522. The van der Waals surface area contributed by atoms with Crippen LogP contribution in [-0.2, 0) is 16.0 Å². The summed E-state index contributed by atoms with van der Waals surface area (Å²) in [5.74, 6) is -1.18. The number of hydrogen-bond acceptors (Lipinski definition) is 3. The van der Waals surface area contributed by atoms with Gasteiger partial charge in [-0.3, -0.25) is 9.59 Å². The zero-order chi connectivity index (χ0) is 13.7. The minimum absolute atomic E-state index is 0.0122. The van der Waals surface area contributed by atoms with Gasteiger partial charge in [0.15, 0.2) is 6.61 Å². The second-order valence-electron chi connectivity index (χ2n) is 3.97. The van der Waals surface area contributed by atoms with E-state index in [-0.39, 0.29) is 24.6 Å². The second-order valence-corrected chi connectivity index (χ2v) is 3.97. The van der Waals surface area contributed by atoms with Crippen LogP contribution >= 0.6 is 0 Å². The molecule has 0 atom stereocenters. The molecule has 1 heterocycles. The molecule has 0 saturated heterocycles. The van der Waals surface area contributed by atoms with Crippen molar-refractivity contribution < 1.29 is 18.7 Å². The van der Waals surface area contributed by atoms with Gasteiger partial charge < -0.3 is 9.72 Å². The van der Waals surface area contributed by atoms with E-state index < -0.39 is 5.97 Å². The zero-order valence-corrected chi connectivity index (χ0v) is 10.1. The first-order valence-corrected chi connectivity index (χ1v) is 5.72. The van der Waals surface area contributed by atoms with Crippen LogP contribution in [0.1, 0.15) is 16.1 Å². The van der Waals surface area contributed by atoms with Crippen LogP contribution in [0.2, 0.25) is 0 Å². The van der Waals surface area contributed by atoms with E-state index in [4.69, 9.17) is 4.74 Å². The lowest BCUT2D eigenvalue weighted by Crippen LogP contribution is -2.15. The predicted octanol–water partition coefficient (Wildman–Crippen LogP) is 2.12. The molecule has 19 heavy (non-hydrogen) atoms. The molecule has 0 bridgehead atoms. The van der Waals surface area contributed by atoms with Crippen molar-refractivity contribution in [3.8, 4) is 0 Å². The fourth-order valence-electron chi connectivity index (χ4n) is 1.55. The number of hydrogen-bond donors (Lipinski definition) is 1. The molecule has 0 fully saturated rings. The number of aromatic nitrogens is 1. The lowest BCUT2D eigenvalue weighted by atomic mass is 10.1. The molecular formula is C14H12FNO3. The summed E-state index contributed by atoms with van der Waals surface area (Å²) in [6.45, 7) is -0.305. The van der Waals surface area contributed by atoms with Crippen molar-refractivity contribution in [1.82, 2.24) is 4.98 Å². The first-order chi connectivity index (χ1) is 9.15. The topological polar surface area (TPSA) is 59.2 Å². The van der Waals surface area contributed by atoms with E-state index in [1.807, 2.05) is 0 Å². The van der Waals surface area contributed by atoms with Crippen LogP contribution in [0.5, 0.6) is 0 Å². The van der Waals surface area contributed by atoms with E-state index in [0.717, 1.165) is 0 Å². The van der Waals surface area contributed by atoms with Crippen LogP contribution in [0, 0.1) is 5.82 Å². The predicted molar refractivity (Wildman–Crippen MR) is 66.2 cm³/mol. The summed E-state index contributed by atoms with van der Waals surface area (Å²) >= 11 is 0. The Morgan fingerprint density at radius 1 is 1.16 bits per heavy atom. The molecule has 0 unspecified atom stereocenters. The Morgan fingerprint density at radius 2 is 1.89 bits per heavy atom. The fraction of sp³-hybridized carbons (Fsp3) is 0.143. The lowest BCUT2D eigenvalue weighted by Gasteiger charge is -2.03. The number of halogens is 1. The number of ketones is 1. The summed E-state index contributed by atoms with van der Waals surface area (Å²) < 4.78 is 17.5. The molecule has 5 heteroatoms. The van der Waals surface area contributed by atoms with Gasteiger partial charge in [0.05, 0.1) is 12.1 Å². The van der Waals surface area contributed by atoms with E-state index in [1.54, 1.807) is 18.3 Å². The maximum absolute atomic E-state index is 12.7. The summed E-state index contributed by atoms with van der Waals surface area (Å²) in [7, 11) is 0. The van der Waals surface area contributed by atoms with Crippen LogP contribution in [-0.4, -0.2) is 23.3 Å². The highest BCUT2D eigenvalue weighted by Gasteiger charge is 2.11. The van der Waals surface area contributed by atoms with Crippen molar-refractivity contribution in [2.24, 2.45) is 0 Å². The van der Waals surface area contributed by atoms with E-state index in [2.05, 4.69) is 4.98 Å². The van der Waals surface area contributed by atoms with Crippen molar-refractivity contribution in [3.63, 3.8) is 0 Å². The average Bonchev–Trinajstić information content (AvgIpc) is 2.93. The average molecular weight is 261 g/mol. The zero-order valence-electron chi connectivity index (χ0n) is 10.1. The minimum Gasteiger partial charge on any atom is -0.457 e. The van der Waals surface area contributed by atoms with E-state index in [9.17, 15) is 14.0 Å². The van der Waals surface area contributed by atoms with Gasteiger partial charge in [-0.1, -0.05) is 12.1 Å². The Kier molecular flexibility index (Phi) is 4.07. The third-order valence-electron chi connectivity index (χ3n) is 2.52. The summed E-state index contributed by atoms with van der Waals surface area (Å²) in [5.41, 5.74) is 1.04. The number of carbonyl (C=O) groups is 2. The fourth-order valence-corrected chi connectivity index (χ4v) is 1.55. The van der Waals surface area contributed by atoms with Gasteiger partial charge in [-0.05, 0) is 29.8 Å². The first-order valence-electron chi connectivity index (χ1n) is 5.72. The smallest absolute Gasteiger partial charge is 0.310 e. The number of carbonyl (C=O) groups excluding carboxylic acids is 2. The summed E-state index contributed by atoms with van der Waals surface area (Å²) in [4.78, 5) is 25.8. The van der Waals surface area contributed by atoms with Gasteiger partial charge >= 0.3 is 5.97 Å². The molecule has 4 nitrogen and oxygen atoms in total. The molecule has 0 spiro atoms. The Labute approximate surface area is 109 Å².